The van der Waals surface area contributed by atoms with E-state index in [1.54, 1.807) is 0 Å². The van der Waals surface area contributed by atoms with Gasteiger partial charge in [0.15, 0.2) is 0 Å². The molecule has 0 amide bonds. The Labute approximate surface area is 358 Å². The molecule has 12 rings (SSSR count). The van der Waals surface area contributed by atoms with Crippen LogP contribution < -0.4 is 4.90 Å². The minimum Gasteiger partial charge on any atom is -0.310 e. The van der Waals surface area contributed by atoms with Gasteiger partial charge in [0.2, 0.25) is 0 Å². The molecule has 10 aromatic carbocycles. The third-order valence-corrected chi connectivity index (χ3v) is 13.8. The minimum absolute atomic E-state index is 0.0828. The summed E-state index contributed by atoms with van der Waals surface area (Å²) in [7, 11) is 0. The maximum atomic E-state index is 2.54. The van der Waals surface area contributed by atoms with E-state index < -0.39 is 0 Å². The summed E-state index contributed by atoms with van der Waals surface area (Å²) in [6, 6.07) is 77.2. The van der Waals surface area contributed by atoms with E-state index in [4.69, 9.17) is 0 Å². The summed E-state index contributed by atoms with van der Waals surface area (Å²) in [5.74, 6) is 0. The molecule has 0 unspecified atom stereocenters. The SMILES string of the molecule is Cc1cccc(N(c2ccc3c(c2)C2(CCCC2)c2ccccc2-3)c2ccc3c(c2)c2ccccc2c2c(-c4ccccc4)cc(-c4ccccc4)c(-c4ccccc4)c32)c1. The molecule has 0 bridgehead atoms. The van der Waals surface area contributed by atoms with Gasteiger partial charge in [-0.3, -0.25) is 0 Å². The molecule has 1 heteroatoms. The van der Waals surface area contributed by atoms with Crippen LogP contribution in [0.5, 0.6) is 0 Å². The van der Waals surface area contributed by atoms with Crippen LogP contribution >= 0.6 is 0 Å². The average molecular weight is 780 g/mol. The van der Waals surface area contributed by atoms with E-state index in [0.29, 0.717) is 0 Å². The van der Waals surface area contributed by atoms with Crippen LogP contribution in [0.3, 0.4) is 0 Å². The zero-order valence-electron chi connectivity index (χ0n) is 34.4. The van der Waals surface area contributed by atoms with E-state index in [0.717, 1.165) is 5.69 Å². The van der Waals surface area contributed by atoms with Crippen molar-refractivity contribution in [2.24, 2.45) is 0 Å². The van der Waals surface area contributed by atoms with Crippen molar-refractivity contribution < 1.29 is 0 Å². The Balaban J connectivity index is 1.17. The number of nitrogens with zero attached hydrogens (tertiary/aromatic N) is 1. The van der Waals surface area contributed by atoms with Crippen molar-refractivity contribution in [3.8, 4) is 44.5 Å². The van der Waals surface area contributed by atoms with Crippen molar-refractivity contribution in [1.29, 1.82) is 0 Å². The van der Waals surface area contributed by atoms with Crippen molar-refractivity contribution >= 4 is 49.4 Å². The summed E-state index contributed by atoms with van der Waals surface area (Å²) in [5, 5.41) is 7.60. The van der Waals surface area contributed by atoms with E-state index in [-0.39, 0.29) is 5.41 Å². The topological polar surface area (TPSA) is 3.24 Å². The van der Waals surface area contributed by atoms with E-state index in [1.807, 2.05) is 0 Å². The van der Waals surface area contributed by atoms with Gasteiger partial charge in [-0.05, 0) is 156 Å². The van der Waals surface area contributed by atoms with Gasteiger partial charge in [-0.15, -0.1) is 0 Å². The van der Waals surface area contributed by atoms with Crippen LogP contribution in [-0.4, -0.2) is 0 Å². The maximum Gasteiger partial charge on any atom is 0.0468 e. The molecule has 1 saturated carbocycles. The van der Waals surface area contributed by atoms with Crippen LogP contribution in [0.1, 0.15) is 42.4 Å². The van der Waals surface area contributed by atoms with Crippen molar-refractivity contribution in [3.05, 3.63) is 223 Å². The standard InChI is InChI=1S/C60H45N/c1-40-18-17-25-44(36-40)61(46-30-32-49-48-27-13-14-29-55(48)60(56(49)38-46)34-15-16-35-60)45-31-33-51-54(37-45)47-26-11-12-28-50(47)58-53(42-21-7-3-8-22-42)39-52(41-19-5-2-6-20-41)57(59(51)58)43-23-9-4-10-24-43/h2-14,17-33,36-39H,15-16,34-35H2,1H3. The van der Waals surface area contributed by atoms with Gasteiger partial charge in [-0.2, -0.15) is 0 Å². The molecule has 1 spiro atoms. The Morgan fingerprint density at radius 1 is 0.361 bits per heavy atom. The fourth-order valence-corrected chi connectivity index (χ4v) is 11.2. The molecule has 10 aromatic rings. The van der Waals surface area contributed by atoms with Gasteiger partial charge >= 0.3 is 0 Å². The summed E-state index contributed by atoms with van der Waals surface area (Å²) < 4.78 is 0. The van der Waals surface area contributed by atoms with Gasteiger partial charge < -0.3 is 4.90 Å². The summed E-state index contributed by atoms with van der Waals surface area (Å²) in [6.07, 6.45) is 4.96. The smallest absolute Gasteiger partial charge is 0.0468 e. The number of rotatable bonds is 6. The third kappa shape index (κ3) is 5.61. The maximum absolute atomic E-state index is 2.54. The van der Waals surface area contributed by atoms with Crippen LogP contribution in [0.4, 0.5) is 17.1 Å². The van der Waals surface area contributed by atoms with Crippen molar-refractivity contribution in [2.75, 3.05) is 4.90 Å². The van der Waals surface area contributed by atoms with E-state index in [2.05, 4.69) is 218 Å². The second-order valence-electron chi connectivity index (χ2n) is 17.2. The largest absolute Gasteiger partial charge is 0.310 e. The number of aryl methyl sites for hydroxylation is 1. The van der Waals surface area contributed by atoms with Gasteiger partial charge in [0, 0.05) is 22.5 Å². The first-order valence-corrected chi connectivity index (χ1v) is 21.9. The Morgan fingerprint density at radius 3 is 1.67 bits per heavy atom. The van der Waals surface area contributed by atoms with Crippen LogP contribution in [0, 0.1) is 6.92 Å². The van der Waals surface area contributed by atoms with E-state index >= 15 is 0 Å². The summed E-state index contributed by atoms with van der Waals surface area (Å²) in [4.78, 5) is 2.51. The number of benzene rings is 10. The average Bonchev–Trinajstić information content (AvgIpc) is 3.93. The number of hydrogen-bond donors (Lipinski definition) is 0. The van der Waals surface area contributed by atoms with Crippen LogP contribution in [0.15, 0.2) is 206 Å². The normalized spacial score (nSPS) is 13.9. The van der Waals surface area contributed by atoms with Crippen LogP contribution in [0.25, 0.3) is 76.8 Å². The van der Waals surface area contributed by atoms with Gasteiger partial charge in [0.05, 0.1) is 0 Å². The second-order valence-corrected chi connectivity index (χ2v) is 17.2. The summed E-state index contributed by atoms with van der Waals surface area (Å²) in [6.45, 7) is 2.20. The Kier molecular flexibility index (Phi) is 8.32. The first kappa shape index (κ1) is 35.7. The summed E-state index contributed by atoms with van der Waals surface area (Å²) in [5.41, 5.74) is 18.1. The Bertz CT molecular complexity index is 3300. The highest BCUT2D eigenvalue weighted by atomic mass is 15.1. The van der Waals surface area contributed by atoms with Crippen molar-refractivity contribution in [1.82, 2.24) is 0 Å². The molecule has 290 valence electrons. The van der Waals surface area contributed by atoms with Gasteiger partial charge in [-0.1, -0.05) is 177 Å². The molecular formula is C60H45N. The lowest BCUT2D eigenvalue weighted by molar-refractivity contribution is 0.550. The summed E-state index contributed by atoms with van der Waals surface area (Å²) >= 11 is 0. The number of anilines is 3. The zero-order valence-corrected chi connectivity index (χ0v) is 34.4. The molecule has 1 nitrogen and oxygen atoms in total. The van der Waals surface area contributed by atoms with Gasteiger partial charge in [-0.25, -0.2) is 0 Å². The molecule has 0 radical (unpaired) electrons. The first-order chi connectivity index (χ1) is 30.2. The minimum atomic E-state index is 0.0828. The zero-order chi connectivity index (χ0) is 40.5. The predicted molar refractivity (Wildman–Crippen MR) is 259 cm³/mol. The predicted octanol–water partition coefficient (Wildman–Crippen LogP) is 16.8. The van der Waals surface area contributed by atoms with Crippen LogP contribution in [0.2, 0.25) is 0 Å². The first-order valence-electron chi connectivity index (χ1n) is 21.9. The third-order valence-electron chi connectivity index (χ3n) is 13.8. The molecule has 61 heavy (non-hydrogen) atoms. The van der Waals surface area contributed by atoms with Crippen molar-refractivity contribution in [3.63, 3.8) is 0 Å². The van der Waals surface area contributed by atoms with Gasteiger partial charge in [0.25, 0.3) is 0 Å². The monoisotopic (exact) mass is 779 g/mol. The number of fused-ring (bicyclic) bond motifs is 11. The number of hydrogen-bond acceptors (Lipinski definition) is 1. The molecule has 0 aliphatic heterocycles. The lowest BCUT2D eigenvalue weighted by atomic mass is 9.76. The van der Waals surface area contributed by atoms with Crippen LogP contribution in [-0.2, 0) is 5.41 Å². The Morgan fingerprint density at radius 2 is 0.934 bits per heavy atom. The lowest BCUT2D eigenvalue weighted by Gasteiger charge is -2.30. The Hall–Kier alpha value is -7.22. The molecule has 1 fully saturated rings. The second kappa shape index (κ2) is 14.2. The molecule has 2 aliphatic rings. The fraction of sp³-hybridized carbons (Fsp3) is 0.100. The molecule has 0 heterocycles. The highest BCUT2D eigenvalue weighted by Gasteiger charge is 2.45. The fourth-order valence-electron chi connectivity index (χ4n) is 11.2. The molecule has 0 saturated heterocycles. The molecule has 0 aromatic heterocycles. The van der Waals surface area contributed by atoms with E-state index in [9.17, 15) is 0 Å². The van der Waals surface area contributed by atoms with Gasteiger partial charge in [0.1, 0.15) is 0 Å². The highest BCUT2D eigenvalue weighted by Crippen LogP contribution is 2.58. The molecule has 2 aliphatic carbocycles. The molecule has 0 atom stereocenters. The molecule has 0 N–H and O–H groups in total. The van der Waals surface area contributed by atoms with E-state index in [1.165, 1.54) is 131 Å². The quantitative estimate of drug-likeness (QED) is 0.152. The highest BCUT2D eigenvalue weighted by molar-refractivity contribution is 6.33. The lowest BCUT2D eigenvalue weighted by Crippen LogP contribution is -2.21. The molecular weight excluding hydrogens is 735 g/mol. The van der Waals surface area contributed by atoms with Crippen molar-refractivity contribution in [2.45, 2.75) is 38.0 Å².